The van der Waals surface area contributed by atoms with Crippen LogP contribution in [-0.4, -0.2) is 24.5 Å². The van der Waals surface area contributed by atoms with Crippen LogP contribution in [0.15, 0.2) is 18.5 Å². The Balaban J connectivity index is 1.71. The third kappa shape index (κ3) is 1.88. The van der Waals surface area contributed by atoms with Gasteiger partial charge in [0.1, 0.15) is 0 Å². The van der Waals surface area contributed by atoms with Gasteiger partial charge in [-0.3, -0.25) is 4.68 Å². The predicted octanol–water partition coefficient (Wildman–Crippen LogP) is 3.22. The third-order valence-electron chi connectivity index (χ3n) is 4.78. The van der Waals surface area contributed by atoms with E-state index >= 15 is 0 Å². The summed E-state index contributed by atoms with van der Waals surface area (Å²) in [5.41, 5.74) is 5.72. The van der Waals surface area contributed by atoms with E-state index in [-0.39, 0.29) is 0 Å². The van der Waals surface area contributed by atoms with Crippen molar-refractivity contribution in [3.63, 3.8) is 0 Å². The van der Waals surface area contributed by atoms with Crippen molar-refractivity contribution in [1.29, 1.82) is 0 Å². The van der Waals surface area contributed by atoms with Crippen molar-refractivity contribution in [3.8, 4) is 5.69 Å². The second-order valence-corrected chi connectivity index (χ2v) is 6.77. The van der Waals surface area contributed by atoms with E-state index in [1.165, 1.54) is 31.2 Å². The molecule has 2 aliphatic rings. The smallest absolute Gasteiger partial charge is 0.181 e. The van der Waals surface area contributed by atoms with E-state index in [0.717, 1.165) is 34.0 Å². The van der Waals surface area contributed by atoms with Gasteiger partial charge in [-0.1, -0.05) is 0 Å². The number of aromatic nitrogens is 5. The second-order valence-electron chi connectivity index (χ2n) is 6.77. The van der Waals surface area contributed by atoms with Crippen molar-refractivity contribution in [1.82, 2.24) is 24.5 Å². The van der Waals surface area contributed by atoms with Gasteiger partial charge in [-0.15, -0.1) is 0 Å². The molecule has 0 amide bonds. The number of rotatable bonds is 3. The second kappa shape index (κ2) is 4.18. The van der Waals surface area contributed by atoms with Crippen LogP contribution in [-0.2, 0) is 7.05 Å². The molecule has 5 nitrogen and oxygen atoms in total. The molecule has 0 spiro atoms. The van der Waals surface area contributed by atoms with Gasteiger partial charge in [0.15, 0.2) is 5.65 Å². The average molecular weight is 293 g/mol. The van der Waals surface area contributed by atoms with Crippen LogP contribution in [0, 0.1) is 6.92 Å². The van der Waals surface area contributed by atoms with Crippen molar-refractivity contribution in [3.05, 3.63) is 35.4 Å². The zero-order valence-corrected chi connectivity index (χ0v) is 13.0. The molecular weight excluding hydrogens is 274 g/mol. The van der Waals surface area contributed by atoms with Gasteiger partial charge in [0.25, 0.3) is 0 Å². The van der Waals surface area contributed by atoms with Crippen LogP contribution in [0.3, 0.4) is 0 Å². The summed E-state index contributed by atoms with van der Waals surface area (Å²) in [4.78, 5) is 4.84. The van der Waals surface area contributed by atoms with Gasteiger partial charge >= 0.3 is 0 Å². The van der Waals surface area contributed by atoms with Crippen molar-refractivity contribution in [2.75, 3.05) is 0 Å². The Morgan fingerprint density at radius 3 is 2.55 bits per heavy atom. The van der Waals surface area contributed by atoms with E-state index < -0.39 is 0 Å². The van der Waals surface area contributed by atoms with Crippen molar-refractivity contribution in [2.45, 2.75) is 44.4 Å². The lowest BCUT2D eigenvalue weighted by atomic mass is 10.1. The third-order valence-corrected chi connectivity index (χ3v) is 4.78. The molecule has 3 aromatic rings. The maximum atomic E-state index is 4.84. The van der Waals surface area contributed by atoms with Crippen molar-refractivity contribution < 1.29 is 0 Å². The van der Waals surface area contributed by atoms with Gasteiger partial charge in [-0.05, 0) is 50.2 Å². The van der Waals surface area contributed by atoms with Gasteiger partial charge in [0.05, 0.1) is 17.1 Å². The van der Waals surface area contributed by atoms with Crippen LogP contribution >= 0.6 is 0 Å². The highest BCUT2D eigenvalue weighted by Gasteiger charge is 2.31. The Morgan fingerprint density at radius 2 is 1.82 bits per heavy atom. The zero-order chi connectivity index (χ0) is 14.8. The quantitative estimate of drug-likeness (QED) is 0.745. The molecule has 0 saturated heterocycles. The SMILES string of the molecule is Cc1nn(-c2cc3cn(C)nc3nc2C2CC2)cc1C1CC1. The van der Waals surface area contributed by atoms with E-state index in [1.807, 2.05) is 17.9 Å². The van der Waals surface area contributed by atoms with Crippen LogP contribution in [0.1, 0.15) is 54.5 Å². The summed E-state index contributed by atoms with van der Waals surface area (Å²) in [7, 11) is 1.95. The average Bonchev–Trinajstić information content (AvgIpc) is 3.40. The van der Waals surface area contributed by atoms with Crippen LogP contribution in [0.4, 0.5) is 0 Å². The molecule has 0 atom stereocenters. The Hall–Kier alpha value is -2.17. The summed E-state index contributed by atoms with van der Waals surface area (Å²) >= 11 is 0. The molecule has 112 valence electrons. The molecule has 2 fully saturated rings. The summed E-state index contributed by atoms with van der Waals surface area (Å²) < 4.78 is 3.89. The lowest BCUT2D eigenvalue weighted by molar-refractivity contribution is 0.773. The summed E-state index contributed by atoms with van der Waals surface area (Å²) in [5, 5.41) is 10.3. The fourth-order valence-corrected chi connectivity index (χ4v) is 3.31. The van der Waals surface area contributed by atoms with Gasteiger partial charge in [0.2, 0.25) is 0 Å². The summed E-state index contributed by atoms with van der Waals surface area (Å²) in [6, 6.07) is 2.20. The minimum atomic E-state index is 0.579. The number of hydrogen-bond donors (Lipinski definition) is 0. The number of pyridine rings is 1. The molecule has 0 unspecified atom stereocenters. The maximum absolute atomic E-state index is 4.84. The van der Waals surface area contributed by atoms with Crippen molar-refractivity contribution in [2.24, 2.45) is 7.05 Å². The van der Waals surface area contributed by atoms with Gasteiger partial charge in [-0.25, -0.2) is 9.67 Å². The van der Waals surface area contributed by atoms with E-state index in [1.54, 1.807) is 0 Å². The monoisotopic (exact) mass is 293 g/mol. The normalized spacial score (nSPS) is 18.3. The predicted molar refractivity (Wildman–Crippen MR) is 84.3 cm³/mol. The standard InChI is InChI=1S/C17H19N5/c1-10-14(11-3-4-11)9-22(19-10)15-7-13-8-21(2)20-17(13)18-16(15)12-5-6-12/h7-9,11-12H,3-6H2,1-2H3. The number of nitrogens with zero attached hydrogens (tertiary/aromatic N) is 5. The van der Waals surface area contributed by atoms with E-state index in [2.05, 4.69) is 29.0 Å². The fraction of sp³-hybridized carbons (Fsp3) is 0.471. The van der Waals surface area contributed by atoms with E-state index in [9.17, 15) is 0 Å². The van der Waals surface area contributed by atoms with Crippen LogP contribution in [0.2, 0.25) is 0 Å². The Kier molecular flexibility index (Phi) is 2.35. The number of hydrogen-bond acceptors (Lipinski definition) is 3. The lowest BCUT2D eigenvalue weighted by Gasteiger charge is -2.07. The molecule has 5 heteroatoms. The molecule has 2 saturated carbocycles. The number of fused-ring (bicyclic) bond motifs is 1. The molecule has 3 heterocycles. The Morgan fingerprint density at radius 1 is 1.05 bits per heavy atom. The summed E-state index contributed by atoms with van der Waals surface area (Å²) in [6.07, 6.45) is 9.32. The molecule has 0 radical (unpaired) electrons. The Labute approximate surface area is 129 Å². The molecule has 5 rings (SSSR count). The summed E-state index contributed by atoms with van der Waals surface area (Å²) in [6.45, 7) is 2.12. The Bertz CT molecular complexity index is 880. The molecule has 0 bridgehead atoms. The van der Waals surface area contributed by atoms with Gasteiger partial charge < -0.3 is 0 Å². The van der Waals surface area contributed by atoms with Gasteiger partial charge in [-0.2, -0.15) is 10.2 Å². The fourth-order valence-electron chi connectivity index (χ4n) is 3.31. The lowest BCUT2D eigenvalue weighted by Crippen LogP contribution is -2.02. The number of aryl methyl sites for hydroxylation is 2. The van der Waals surface area contributed by atoms with Crippen LogP contribution in [0.25, 0.3) is 16.7 Å². The first-order chi connectivity index (χ1) is 10.7. The molecule has 2 aliphatic carbocycles. The zero-order valence-electron chi connectivity index (χ0n) is 13.0. The molecule has 3 aromatic heterocycles. The maximum Gasteiger partial charge on any atom is 0.181 e. The van der Waals surface area contributed by atoms with Crippen molar-refractivity contribution >= 4 is 11.0 Å². The van der Waals surface area contributed by atoms with Crippen LogP contribution < -0.4 is 0 Å². The molecule has 0 aliphatic heterocycles. The first-order valence-corrected chi connectivity index (χ1v) is 8.10. The van der Waals surface area contributed by atoms with Crippen LogP contribution in [0.5, 0.6) is 0 Å². The highest BCUT2D eigenvalue weighted by molar-refractivity contribution is 5.77. The first kappa shape index (κ1) is 12.4. The molecule has 0 aromatic carbocycles. The van der Waals surface area contributed by atoms with E-state index in [0.29, 0.717) is 5.92 Å². The highest BCUT2D eigenvalue weighted by Crippen LogP contribution is 2.44. The topological polar surface area (TPSA) is 48.5 Å². The minimum absolute atomic E-state index is 0.579. The molecule has 0 N–H and O–H groups in total. The summed E-state index contributed by atoms with van der Waals surface area (Å²) in [5.74, 6) is 1.31. The molecular formula is C17H19N5. The molecule has 22 heavy (non-hydrogen) atoms. The van der Waals surface area contributed by atoms with Gasteiger partial charge in [0, 0.05) is 30.7 Å². The first-order valence-electron chi connectivity index (χ1n) is 8.10. The largest absolute Gasteiger partial charge is 0.273 e. The highest BCUT2D eigenvalue weighted by atomic mass is 15.3. The van der Waals surface area contributed by atoms with E-state index in [4.69, 9.17) is 10.1 Å². The minimum Gasteiger partial charge on any atom is -0.273 e.